The third-order valence-electron chi connectivity index (χ3n) is 8.72. The summed E-state index contributed by atoms with van der Waals surface area (Å²) in [6.07, 6.45) is 6.12. The van der Waals surface area contributed by atoms with Gasteiger partial charge >= 0.3 is 0 Å². The molecule has 0 spiro atoms. The van der Waals surface area contributed by atoms with Crippen LogP contribution in [0.5, 0.6) is 0 Å². The number of rotatable bonds is 8. The van der Waals surface area contributed by atoms with Gasteiger partial charge in [-0.3, -0.25) is 14.6 Å². The number of carbonyl (C=O) groups excluding carboxylic acids is 2. The summed E-state index contributed by atoms with van der Waals surface area (Å²) in [7, 11) is -1.28. The molecule has 2 amide bonds. The van der Waals surface area contributed by atoms with E-state index in [1.165, 1.54) is 6.20 Å². The molecule has 4 atom stereocenters. The highest BCUT2D eigenvalue weighted by Gasteiger charge is 2.45. The maximum absolute atomic E-state index is 13.6. The number of sulfone groups is 1. The van der Waals surface area contributed by atoms with Crippen LogP contribution in [0, 0.1) is 5.92 Å². The minimum Gasteiger partial charge on any atom is -0.340 e. The number of amides is 2. The molecule has 2 aromatic rings. The van der Waals surface area contributed by atoms with Crippen molar-refractivity contribution < 1.29 is 18.0 Å². The fourth-order valence-electron chi connectivity index (χ4n) is 5.90. The normalized spacial score (nSPS) is 24.1. The van der Waals surface area contributed by atoms with E-state index in [1.807, 2.05) is 35.2 Å². The quantitative estimate of drug-likeness (QED) is 0.513. The van der Waals surface area contributed by atoms with Crippen molar-refractivity contribution in [3.8, 4) is 11.1 Å². The first kappa shape index (κ1) is 30.2. The maximum Gasteiger partial charge on any atom is 0.253 e. The van der Waals surface area contributed by atoms with Gasteiger partial charge in [-0.1, -0.05) is 30.3 Å². The van der Waals surface area contributed by atoms with E-state index in [0.717, 1.165) is 30.4 Å². The lowest BCUT2D eigenvalue weighted by atomic mass is 9.81. The van der Waals surface area contributed by atoms with E-state index in [0.29, 0.717) is 24.6 Å². The Labute approximate surface area is 239 Å². The summed E-state index contributed by atoms with van der Waals surface area (Å²) >= 11 is 0. The van der Waals surface area contributed by atoms with Crippen molar-refractivity contribution >= 4 is 21.7 Å². The van der Waals surface area contributed by atoms with Crippen LogP contribution in [0.25, 0.3) is 11.1 Å². The summed E-state index contributed by atoms with van der Waals surface area (Å²) in [4.78, 5) is 35.2. The van der Waals surface area contributed by atoms with Crippen LogP contribution in [0.4, 0.5) is 0 Å². The van der Waals surface area contributed by atoms with Gasteiger partial charge in [-0.05, 0) is 84.9 Å². The van der Waals surface area contributed by atoms with Crippen LogP contribution >= 0.6 is 0 Å². The van der Waals surface area contributed by atoms with Gasteiger partial charge in [0.2, 0.25) is 5.91 Å². The highest BCUT2D eigenvalue weighted by molar-refractivity contribution is 7.92. The van der Waals surface area contributed by atoms with E-state index in [-0.39, 0.29) is 35.6 Å². The van der Waals surface area contributed by atoms with E-state index in [2.05, 4.69) is 36.1 Å². The predicted molar refractivity (Wildman–Crippen MR) is 159 cm³/mol. The van der Waals surface area contributed by atoms with Crippen molar-refractivity contribution in [1.29, 1.82) is 0 Å². The molecule has 1 aliphatic heterocycles. The molecule has 218 valence electrons. The largest absolute Gasteiger partial charge is 0.340 e. The zero-order valence-corrected chi connectivity index (χ0v) is 25.4. The average molecular weight is 569 g/mol. The molecule has 1 saturated heterocycles. The molecule has 0 bridgehead atoms. The van der Waals surface area contributed by atoms with Crippen molar-refractivity contribution in [2.24, 2.45) is 5.92 Å². The Kier molecular flexibility index (Phi) is 9.05. The van der Waals surface area contributed by atoms with E-state index in [1.54, 1.807) is 33.0 Å². The Morgan fingerprint density at radius 2 is 1.80 bits per heavy atom. The summed E-state index contributed by atoms with van der Waals surface area (Å²) in [5, 5.41) is 2.93. The number of hydrogen-bond acceptors (Lipinski definition) is 6. The second-order valence-electron chi connectivity index (χ2n) is 12.6. The maximum atomic E-state index is 13.6. The topological polar surface area (TPSA) is 99.7 Å². The number of likely N-dealkylation sites (tertiary alicyclic amines) is 1. The number of nitrogens with zero attached hydrogens (tertiary/aromatic N) is 3. The molecule has 1 saturated carbocycles. The third-order valence-corrected chi connectivity index (χ3v) is 11.5. The lowest BCUT2D eigenvalue weighted by Gasteiger charge is -2.45. The Morgan fingerprint density at radius 3 is 2.45 bits per heavy atom. The summed E-state index contributed by atoms with van der Waals surface area (Å²) < 4.78 is 25.7. The number of carbonyl (C=O) groups is 2. The van der Waals surface area contributed by atoms with Gasteiger partial charge in [0, 0.05) is 42.6 Å². The minimum absolute atomic E-state index is 0.0579. The van der Waals surface area contributed by atoms with E-state index in [9.17, 15) is 18.0 Å². The standard InChI is InChI=1S/C31H44N4O4S/c1-21(2)34(6)26-12-13-28(25(17-26)20-40(38,39)31(3,4)5)35-15-14-27(30(35)37)33-29(36)24-16-23(18-32-19-24)22-10-8-7-9-11-22/h7-11,16,18-19,21,25-28H,12-15,17,20H2,1-6H3,(H,33,36)/t25-,26+,27-,28-/m0/s1. The molecule has 2 heterocycles. The SMILES string of the molecule is CC(C)N(C)[C@@H]1CC[C@H](N2CC[C@H](NC(=O)c3cncc(-c4ccccc4)c3)C2=O)[C@H](CS(=O)(=O)C(C)(C)C)C1. The van der Waals surface area contributed by atoms with E-state index >= 15 is 0 Å². The molecule has 1 aromatic heterocycles. The summed E-state index contributed by atoms with van der Waals surface area (Å²) in [6, 6.07) is 11.3. The van der Waals surface area contributed by atoms with Crippen molar-refractivity contribution in [1.82, 2.24) is 20.1 Å². The molecule has 9 heteroatoms. The van der Waals surface area contributed by atoms with Crippen LogP contribution in [0.2, 0.25) is 0 Å². The predicted octanol–water partition coefficient (Wildman–Crippen LogP) is 4.17. The molecule has 1 aliphatic carbocycles. The van der Waals surface area contributed by atoms with Crippen molar-refractivity contribution in [3.05, 3.63) is 54.4 Å². The van der Waals surface area contributed by atoms with Gasteiger partial charge in [-0.15, -0.1) is 0 Å². The van der Waals surface area contributed by atoms with Crippen LogP contribution < -0.4 is 5.32 Å². The second kappa shape index (κ2) is 12.0. The van der Waals surface area contributed by atoms with Gasteiger partial charge in [-0.2, -0.15) is 0 Å². The van der Waals surface area contributed by atoms with Gasteiger partial charge in [0.05, 0.1) is 16.1 Å². The zero-order valence-electron chi connectivity index (χ0n) is 24.6. The second-order valence-corrected chi connectivity index (χ2v) is 15.4. The first-order valence-corrected chi connectivity index (χ1v) is 16.0. The van der Waals surface area contributed by atoms with Crippen molar-refractivity contribution in [2.75, 3.05) is 19.3 Å². The molecule has 40 heavy (non-hydrogen) atoms. The van der Waals surface area contributed by atoms with Gasteiger partial charge in [0.25, 0.3) is 5.91 Å². The summed E-state index contributed by atoms with van der Waals surface area (Å²) in [5.74, 6) is -0.559. The number of pyridine rings is 1. The molecule has 4 rings (SSSR count). The third kappa shape index (κ3) is 6.57. The van der Waals surface area contributed by atoms with Crippen LogP contribution in [-0.4, -0.2) is 83.3 Å². The average Bonchev–Trinajstić information content (AvgIpc) is 3.27. The Hall–Kier alpha value is -2.78. The minimum atomic E-state index is -3.38. The first-order chi connectivity index (χ1) is 18.8. The molecule has 2 fully saturated rings. The summed E-state index contributed by atoms with van der Waals surface area (Å²) in [5.41, 5.74) is 2.19. The summed E-state index contributed by atoms with van der Waals surface area (Å²) in [6.45, 7) is 10.0. The lowest BCUT2D eigenvalue weighted by Crippen LogP contribution is -2.53. The number of benzene rings is 1. The van der Waals surface area contributed by atoms with E-state index in [4.69, 9.17) is 0 Å². The van der Waals surface area contributed by atoms with Crippen LogP contribution in [0.15, 0.2) is 48.8 Å². The molecular weight excluding hydrogens is 524 g/mol. The van der Waals surface area contributed by atoms with Crippen LogP contribution in [0.1, 0.15) is 70.7 Å². The van der Waals surface area contributed by atoms with Crippen molar-refractivity contribution in [2.45, 2.75) is 89.2 Å². The Morgan fingerprint density at radius 1 is 1.10 bits per heavy atom. The van der Waals surface area contributed by atoms with Crippen LogP contribution in [-0.2, 0) is 14.6 Å². The molecule has 1 N–H and O–H groups in total. The number of nitrogens with one attached hydrogen (secondary N) is 1. The monoisotopic (exact) mass is 568 g/mol. The van der Waals surface area contributed by atoms with Gasteiger partial charge in [0.15, 0.2) is 9.84 Å². The van der Waals surface area contributed by atoms with Gasteiger partial charge in [-0.25, -0.2) is 8.42 Å². The Bertz CT molecular complexity index is 1310. The smallest absolute Gasteiger partial charge is 0.253 e. The Balaban J connectivity index is 1.49. The molecule has 0 radical (unpaired) electrons. The van der Waals surface area contributed by atoms with Crippen LogP contribution in [0.3, 0.4) is 0 Å². The zero-order chi connectivity index (χ0) is 29.2. The highest BCUT2D eigenvalue weighted by atomic mass is 32.2. The first-order valence-electron chi connectivity index (χ1n) is 14.3. The van der Waals surface area contributed by atoms with Gasteiger partial charge < -0.3 is 15.1 Å². The van der Waals surface area contributed by atoms with Crippen molar-refractivity contribution in [3.63, 3.8) is 0 Å². The highest BCUT2D eigenvalue weighted by Crippen LogP contribution is 2.36. The molecule has 1 aromatic carbocycles. The fraction of sp³-hybridized carbons (Fsp3) is 0.581. The lowest BCUT2D eigenvalue weighted by molar-refractivity contribution is -0.133. The number of aromatic nitrogens is 1. The number of hydrogen-bond donors (Lipinski definition) is 1. The molecule has 2 aliphatic rings. The molecule has 8 nitrogen and oxygen atoms in total. The van der Waals surface area contributed by atoms with E-state index < -0.39 is 20.6 Å². The molecule has 0 unspecified atom stereocenters. The van der Waals surface area contributed by atoms with Gasteiger partial charge in [0.1, 0.15) is 6.04 Å². The fourth-order valence-corrected chi connectivity index (χ4v) is 7.32. The molecular formula is C31H44N4O4S.